The molecular formula is C14H26N4O5S. The minimum atomic E-state index is -3.49. The van der Waals surface area contributed by atoms with E-state index in [4.69, 9.17) is 4.74 Å². The number of hydrogen-bond acceptors (Lipinski definition) is 7. The van der Waals surface area contributed by atoms with Gasteiger partial charge in [-0.2, -0.15) is 0 Å². The maximum atomic E-state index is 12.0. The molecule has 1 aromatic rings. The number of ether oxygens (including phenoxy) is 1. The SMILES string of the molecule is COCc1cn(CC2CC(NS(=O)(=O)CC(C)C)C(O)C2O)nn1. The number of aliphatic hydroxyl groups is 2. The highest BCUT2D eigenvalue weighted by atomic mass is 32.2. The number of aromatic nitrogens is 3. The summed E-state index contributed by atoms with van der Waals surface area (Å²) in [7, 11) is -1.93. The van der Waals surface area contributed by atoms with Crippen LogP contribution in [0.25, 0.3) is 0 Å². The van der Waals surface area contributed by atoms with Crippen LogP contribution in [0, 0.1) is 11.8 Å². The van der Waals surface area contributed by atoms with E-state index in [0.29, 0.717) is 25.3 Å². The van der Waals surface area contributed by atoms with Gasteiger partial charge in [-0.05, 0) is 12.3 Å². The second-order valence-electron chi connectivity index (χ2n) is 6.74. The van der Waals surface area contributed by atoms with Crippen molar-refractivity contribution < 1.29 is 23.4 Å². The highest BCUT2D eigenvalue weighted by Gasteiger charge is 2.43. The predicted octanol–water partition coefficient (Wildman–Crippen LogP) is -0.890. The number of rotatable bonds is 8. The Balaban J connectivity index is 1.98. The predicted molar refractivity (Wildman–Crippen MR) is 86.4 cm³/mol. The summed E-state index contributed by atoms with van der Waals surface area (Å²) in [5.41, 5.74) is 0.666. The molecule has 2 rings (SSSR count). The van der Waals surface area contributed by atoms with Gasteiger partial charge in [0.2, 0.25) is 10.0 Å². The molecule has 4 unspecified atom stereocenters. The molecule has 1 saturated carbocycles. The molecule has 9 nitrogen and oxygen atoms in total. The van der Waals surface area contributed by atoms with Crippen LogP contribution >= 0.6 is 0 Å². The molecule has 0 aromatic carbocycles. The van der Waals surface area contributed by atoms with Crippen molar-refractivity contribution in [3.63, 3.8) is 0 Å². The van der Waals surface area contributed by atoms with Crippen LogP contribution < -0.4 is 4.72 Å². The lowest BCUT2D eigenvalue weighted by molar-refractivity contribution is 0.00971. The lowest BCUT2D eigenvalue weighted by atomic mass is 10.1. The van der Waals surface area contributed by atoms with Crippen molar-refractivity contribution >= 4 is 10.0 Å². The van der Waals surface area contributed by atoms with Crippen LogP contribution in [0.5, 0.6) is 0 Å². The summed E-state index contributed by atoms with van der Waals surface area (Å²) in [4.78, 5) is 0. The Morgan fingerprint density at radius 1 is 1.42 bits per heavy atom. The van der Waals surface area contributed by atoms with Crippen LogP contribution in [0.1, 0.15) is 26.0 Å². The summed E-state index contributed by atoms with van der Waals surface area (Å²) in [6.45, 7) is 4.30. The fraction of sp³-hybridized carbons (Fsp3) is 0.857. The molecule has 1 aromatic heterocycles. The third kappa shape index (κ3) is 4.96. The van der Waals surface area contributed by atoms with Gasteiger partial charge in [0.15, 0.2) is 0 Å². The molecule has 0 radical (unpaired) electrons. The average molecular weight is 362 g/mol. The number of nitrogens with zero attached hydrogens (tertiary/aromatic N) is 3. The first-order valence-corrected chi connectivity index (χ1v) is 9.61. The van der Waals surface area contributed by atoms with Crippen LogP contribution in [0.2, 0.25) is 0 Å². The van der Waals surface area contributed by atoms with Crippen molar-refractivity contribution in [2.45, 2.75) is 51.7 Å². The van der Waals surface area contributed by atoms with Gasteiger partial charge in [0.25, 0.3) is 0 Å². The molecule has 1 heterocycles. The van der Waals surface area contributed by atoms with Gasteiger partial charge >= 0.3 is 0 Å². The highest BCUT2D eigenvalue weighted by Crippen LogP contribution is 2.28. The second-order valence-corrected chi connectivity index (χ2v) is 8.54. The van der Waals surface area contributed by atoms with Gasteiger partial charge in [-0.3, -0.25) is 4.68 Å². The molecule has 3 N–H and O–H groups in total. The quantitative estimate of drug-likeness (QED) is 0.547. The Labute approximate surface area is 142 Å². The zero-order valence-corrected chi connectivity index (χ0v) is 15.0. The van der Waals surface area contributed by atoms with Crippen molar-refractivity contribution in [1.82, 2.24) is 19.7 Å². The fourth-order valence-electron chi connectivity index (χ4n) is 3.02. The van der Waals surface area contributed by atoms with E-state index in [0.717, 1.165) is 0 Å². The molecular weight excluding hydrogens is 336 g/mol. The second kappa shape index (κ2) is 7.87. The minimum Gasteiger partial charge on any atom is -0.390 e. The first-order chi connectivity index (χ1) is 11.2. The first kappa shape index (κ1) is 19.3. The van der Waals surface area contributed by atoms with Crippen molar-refractivity contribution in [1.29, 1.82) is 0 Å². The van der Waals surface area contributed by atoms with E-state index in [2.05, 4.69) is 15.0 Å². The highest BCUT2D eigenvalue weighted by molar-refractivity contribution is 7.89. The average Bonchev–Trinajstić information content (AvgIpc) is 2.99. The van der Waals surface area contributed by atoms with E-state index in [1.54, 1.807) is 18.0 Å². The molecule has 1 aliphatic rings. The topological polar surface area (TPSA) is 127 Å². The Hall–Kier alpha value is -1.07. The van der Waals surface area contributed by atoms with Crippen LogP contribution in [0.3, 0.4) is 0 Å². The number of nitrogens with one attached hydrogen (secondary N) is 1. The van der Waals surface area contributed by atoms with Gasteiger partial charge in [-0.25, -0.2) is 13.1 Å². The van der Waals surface area contributed by atoms with Gasteiger partial charge in [0.05, 0.1) is 36.8 Å². The first-order valence-electron chi connectivity index (χ1n) is 7.96. The molecule has 0 spiro atoms. The van der Waals surface area contributed by atoms with E-state index in [9.17, 15) is 18.6 Å². The van der Waals surface area contributed by atoms with Gasteiger partial charge < -0.3 is 14.9 Å². The minimum absolute atomic E-state index is 0.0135. The van der Waals surface area contributed by atoms with Gasteiger partial charge in [-0.1, -0.05) is 19.1 Å². The third-order valence-corrected chi connectivity index (χ3v) is 5.75. The zero-order chi connectivity index (χ0) is 17.9. The molecule has 1 aliphatic carbocycles. The Kier molecular flexibility index (Phi) is 6.32. The molecule has 0 amide bonds. The smallest absolute Gasteiger partial charge is 0.212 e. The summed E-state index contributed by atoms with van der Waals surface area (Å²) < 4.78 is 33.1. The largest absolute Gasteiger partial charge is 0.390 e. The third-order valence-electron chi connectivity index (χ3n) is 3.99. The molecule has 24 heavy (non-hydrogen) atoms. The Morgan fingerprint density at radius 3 is 2.75 bits per heavy atom. The van der Waals surface area contributed by atoms with Crippen LogP contribution in [0.4, 0.5) is 0 Å². The summed E-state index contributed by atoms with van der Waals surface area (Å²) in [6.07, 6.45) is -0.122. The van der Waals surface area contributed by atoms with Crippen molar-refractivity contribution in [3.05, 3.63) is 11.9 Å². The monoisotopic (exact) mass is 362 g/mol. The van der Waals surface area contributed by atoms with Crippen molar-refractivity contribution in [2.24, 2.45) is 11.8 Å². The van der Waals surface area contributed by atoms with Gasteiger partial charge in [0, 0.05) is 19.6 Å². The molecule has 0 aliphatic heterocycles. The number of sulfonamides is 1. The maximum Gasteiger partial charge on any atom is 0.212 e. The van der Waals surface area contributed by atoms with Gasteiger partial charge in [-0.15, -0.1) is 5.10 Å². The van der Waals surface area contributed by atoms with E-state index in [-0.39, 0.29) is 17.6 Å². The molecule has 10 heteroatoms. The lowest BCUT2D eigenvalue weighted by Gasteiger charge is -2.18. The van der Waals surface area contributed by atoms with E-state index in [1.807, 2.05) is 13.8 Å². The van der Waals surface area contributed by atoms with Crippen molar-refractivity contribution in [2.75, 3.05) is 12.9 Å². The molecule has 0 saturated heterocycles. The van der Waals surface area contributed by atoms with E-state index in [1.165, 1.54) is 0 Å². The Morgan fingerprint density at radius 2 is 2.12 bits per heavy atom. The molecule has 1 fully saturated rings. The zero-order valence-electron chi connectivity index (χ0n) is 14.2. The summed E-state index contributed by atoms with van der Waals surface area (Å²) >= 11 is 0. The van der Waals surface area contributed by atoms with Crippen LogP contribution in [-0.4, -0.2) is 64.7 Å². The Bertz CT molecular complexity index is 633. The summed E-state index contributed by atoms with van der Waals surface area (Å²) in [5.74, 6) is -0.347. The van der Waals surface area contributed by atoms with Crippen LogP contribution in [0.15, 0.2) is 6.20 Å². The number of aliphatic hydroxyl groups excluding tert-OH is 2. The molecule has 138 valence electrons. The maximum absolute atomic E-state index is 12.0. The van der Waals surface area contributed by atoms with E-state index < -0.39 is 28.3 Å². The molecule has 0 bridgehead atoms. The van der Waals surface area contributed by atoms with Gasteiger partial charge in [0.1, 0.15) is 5.69 Å². The van der Waals surface area contributed by atoms with Crippen LogP contribution in [-0.2, 0) is 27.9 Å². The fourth-order valence-corrected chi connectivity index (χ4v) is 4.69. The standard InChI is InChI=1S/C14H26N4O5S/c1-9(2)8-24(21,22)16-12-4-10(13(19)14(12)20)5-18-6-11(7-23-3)15-17-18/h6,9-10,12-14,16,19-20H,4-5,7-8H2,1-3H3. The number of hydrogen-bond donors (Lipinski definition) is 3. The number of methoxy groups -OCH3 is 1. The summed E-state index contributed by atoms with van der Waals surface area (Å²) in [6, 6.07) is -0.698. The van der Waals surface area contributed by atoms with Crippen molar-refractivity contribution in [3.8, 4) is 0 Å². The van der Waals surface area contributed by atoms with E-state index >= 15 is 0 Å². The lowest BCUT2D eigenvalue weighted by Crippen LogP contribution is -2.44. The normalized spacial score (nSPS) is 27.9. The summed E-state index contributed by atoms with van der Waals surface area (Å²) in [5, 5.41) is 28.2. The molecule has 4 atom stereocenters.